The molecular weight excluding hydrogens is 308 g/mol. The lowest BCUT2D eigenvalue weighted by molar-refractivity contribution is 0.792. The minimum absolute atomic E-state index is 0.836. The fourth-order valence-corrected chi connectivity index (χ4v) is 2.76. The lowest BCUT2D eigenvalue weighted by atomic mass is 10.3. The van der Waals surface area contributed by atoms with Crippen molar-refractivity contribution in [2.75, 3.05) is 23.7 Å². The number of pyridine rings is 2. The van der Waals surface area contributed by atoms with E-state index in [9.17, 15) is 0 Å². The summed E-state index contributed by atoms with van der Waals surface area (Å²) in [6, 6.07) is 11.6. The zero-order chi connectivity index (χ0) is 15.7. The number of rotatable bonds is 8. The van der Waals surface area contributed by atoms with Crippen LogP contribution in [-0.4, -0.2) is 33.3 Å². The Balaban J connectivity index is 1.36. The van der Waals surface area contributed by atoms with Crippen molar-refractivity contribution in [2.24, 2.45) is 0 Å². The maximum absolute atomic E-state index is 4.28. The van der Waals surface area contributed by atoms with Crippen LogP contribution in [0, 0.1) is 0 Å². The van der Waals surface area contributed by atoms with Gasteiger partial charge < -0.3 is 10.6 Å². The van der Waals surface area contributed by atoms with E-state index < -0.39 is 0 Å². The predicted octanol–water partition coefficient (Wildman–Crippen LogP) is 3.30. The number of anilines is 2. The van der Waals surface area contributed by atoms with Crippen LogP contribution >= 0.6 is 11.3 Å². The molecule has 0 amide bonds. The molecule has 0 atom stereocenters. The van der Waals surface area contributed by atoms with Crippen molar-refractivity contribution < 1.29 is 0 Å². The topological polar surface area (TPSA) is 75.6 Å². The van der Waals surface area contributed by atoms with Crippen molar-refractivity contribution in [3.05, 3.63) is 48.8 Å². The van der Waals surface area contributed by atoms with E-state index in [2.05, 4.69) is 30.8 Å². The molecule has 0 aliphatic carbocycles. The third-order valence-corrected chi connectivity index (χ3v) is 4.06. The first kappa shape index (κ1) is 15.4. The number of nitrogens with one attached hydrogen (secondary N) is 2. The molecule has 3 aromatic rings. The number of nitrogens with zero attached hydrogens (tertiary/aromatic N) is 4. The Bertz CT molecular complexity index is 701. The molecule has 7 heteroatoms. The summed E-state index contributed by atoms with van der Waals surface area (Å²) in [6.07, 6.45) is 5.67. The largest absolute Gasteiger partial charge is 0.370 e. The van der Waals surface area contributed by atoms with E-state index in [1.807, 2.05) is 36.4 Å². The minimum Gasteiger partial charge on any atom is -0.370 e. The average Bonchev–Trinajstić information content (AvgIpc) is 3.09. The van der Waals surface area contributed by atoms with Gasteiger partial charge in [-0.3, -0.25) is 4.98 Å². The van der Waals surface area contributed by atoms with Gasteiger partial charge in [-0.05, 0) is 37.1 Å². The molecule has 23 heavy (non-hydrogen) atoms. The summed E-state index contributed by atoms with van der Waals surface area (Å²) >= 11 is 1.53. The molecule has 3 rings (SSSR count). The minimum atomic E-state index is 0.836. The zero-order valence-electron chi connectivity index (χ0n) is 12.6. The van der Waals surface area contributed by atoms with E-state index in [4.69, 9.17) is 0 Å². The van der Waals surface area contributed by atoms with E-state index in [0.29, 0.717) is 0 Å². The molecule has 0 fully saturated rings. The van der Waals surface area contributed by atoms with E-state index in [-0.39, 0.29) is 0 Å². The summed E-state index contributed by atoms with van der Waals surface area (Å²) in [4.78, 5) is 8.50. The number of unbranched alkanes of at least 4 members (excludes halogenated alkanes) is 1. The molecule has 0 saturated carbocycles. The molecule has 0 radical (unpaired) electrons. The number of hydrogen-bond donors (Lipinski definition) is 2. The van der Waals surface area contributed by atoms with Crippen LogP contribution in [0.4, 0.5) is 10.9 Å². The molecule has 3 aromatic heterocycles. The monoisotopic (exact) mass is 326 g/mol. The van der Waals surface area contributed by atoms with Crippen molar-refractivity contribution in [3.8, 4) is 10.7 Å². The van der Waals surface area contributed by atoms with Crippen LogP contribution < -0.4 is 10.6 Å². The third-order valence-electron chi connectivity index (χ3n) is 3.16. The van der Waals surface area contributed by atoms with Crippen molar-refractivity contribution >= 4 is 22.3 Å². The Labute approximate surface area is 139 Å². The Morgan fingerprint density at radius 2 is 1.61 bits per heavy atom. The van der Waals surface area contributed by atoms with E-state index in [1.54, 1.807) is 12.4 Å². The molecule has 2 N–H and O–H groups in total. The first-order valence-corrected chi connectivity index (χ1v) is 8.37. The molecule has 3 heterocycles. The molecule has 0 aliphatic rings. The van der Waals surface area contributed by atoms with Gasteiger partial charge >= 0.3 is 0 Å². The highest BCUT2D eigenvalue weighted by Crippen LogP contribution is 2.24. The smallest absolute Gasteiger partial charge is 0.206 e. The summed E-state index contributed by atoms with van der Waals surface area (Å²) in [7, 11) is 0. The highest BCUT2D eigenvalue weighted by atomic mass is 32.1. The predicted molar refractivity (Wildman–Crippen MR) is 93.6 cm³/mol. The molecule has 118 valence electrons. The highest BCUT2D eigenvalue weighted by Gasteiger charge is 2.06. The van der Waals surface area contributed by atoms with Crippen LogP contribution in [-0.2, 0) is 0 Å². The third kappa shape index (κ3) is 4.72. The molecule has 0 saturated heterocycles. The van der Waals surface area contributed by atoms with Crippen molar-refractivity contribution in [3.63, 3.8) is 0 Å². The Morgan fingerprint density at radius 1 is 0.826 bits per heavy atom. The standard InChI is InChI=1S/C16H18N6S/c1-3-9-17-13(7-1)15-21-22-16(23-15)20-12-6-5-11-19-14-8-2-4-10-18-14/h1-4,7-10H,5-6,11-12H2,(H,18,19)(H,20,22). The summed E-state index contributed by atoms with van der Waals surface area (Å²) in [5.74, 6) is 0.921. The van der Waals surface area contributed by atoms with Crippen LogP contribution in [0.5, 0.6) is 0 Å². The normalized spacial score (nSPS) is 10.4. The van der Waals surface area contributed by atoms with Crippen LogP contribution in [0.1, 0.15) is 12.8 Å². The van der Waals surface area contributed by atoms with Gasteiger partial charge in [-0.25, -0.2) is 4.98 Å². The molecule has 0 spiro atoms. The fourth-order valence-electron chi connectivity index (χ4n) is 2.02. The van der Waals surface area contributed by atoms with Crippen molar-refractivity contribution in [2.45, 2.75) is 12.8 Å². The summed E-state index contributed by atoms with van der Waals surface area (Å²) in [6.45, 7) is 1.79. The Hall–Kier alpha value is -2.54. The summed E-state index contributed by atoms with van der Waals surface area (Å²) in [5.41, 5.74) is 0.859. The molecule has 0 aromatic carbocycles. The second-order valence-corrected chi connectivity index (χ2v) is 5.88. The lowest BCUT2D eigenvalue weighted by Gasteiger charge is -2.05. The maximum Gasteiger partial charge on any atom is 0.206 e. The SMILES string of the molecule is c1ccc(NCCCCNc2nnc(-c3ccccn3)s2)nc1. The maximum atomic E-state index is 4.28. The second kappa shape index (κ2) is 8.19. The van der Waals surface area contributed by atoms with Gasteiger partial charge in [0.15, 0.2) is 5.01 Å². The van der Waals surface area contributed by atoms with Gasteiger partial charge in [0, 0.05) is 25.5 Å². The Morgan fingerprint density at radius 3 is 2.35 bits per heavy atom. The van der Waals surface area contributed by atoms with E-state index in [0.717, 1.165) is 47.6 Å². The summed E-state index contributed by atoms with van der Waals surface area (Å²) in [5, 5.41) is 16.6. The first-order valence-electron chi connectivity index (χ1n) is 7.55. The molecule has 0 bridgehead atoms. The number of aromatic nitrogens is 4. The van der Waals surface area contributed by atoms with Crippen LogP contribution in [0.15, 0.2) is 48.8 Å². The summed E-state index contributed by atoms with van der Waals surface area (Å²) < 4.78 is 0. The Kier molecular flexibility index (Phi) is 5.47. The van der Waals surface area contributed by atoms with Crippen molar-refractivity contribution in [1.82, 2.24) is 20.2 Å². The number of hydrogen-bond acceptors (Lipinski definition) is 7. The molecule has 0 aliphatic heterocycles. The van der Waals surface area contributed by atoms with E-state index in [1.165, 1.54) is 11.3 Å². The van der Waals surface area contributed by atoms with Gasteiger partial charge in [-0.2, -0.15) is 0 Å². The van der Waals surface area contributed by atoms with Crippen LogP contribution in [0.3, 0.4) is 0 Å². The first-order chi connectivity index (χ1) is 11.4. The second-order valence-electron chi connectivity index (χ2n) is 4.90. The molecule has 6 nitrogen and oxygen atoms in total. The van der Waals surface area contributed by atoms with Gasteiger partial charge in [0.2, 0.25) is 5.13 Å². The van der Waals surface area contributed by atoms with Crippen LogP contribution in [0.2, 0.25) is 0 Å². The fraction of sp³-hybridized carbons (Fsp3) is 0.250. The molecular formula is C16H18N6S. The quantitative estimate of drug-likeness (QED) is 0.619. The van der Waals surface area contributed by atoms with Gasteiger partial charge in [0.05, 0.1) is 0 Å². The van der Waals surface area contributed by atoms with Crippen LogP contribution in [0.25, 0.3) is 10.7 Å². The van der Waals surface area contributed by atoms with Gasteiger partial charge in [-0.1, -0.05) is 23.5 Å². The van der Waals surface area contributed by atoms with Gasteiger partial charge in [0.1, 0.15) is 11.5 Å². The zero-order valence-corrected chi connectivity index (χ0v) is 13.5. The van der Waals surface area contributed by atoms with Crippen molar-refractivity contribution in [1.29, 1.82) is 0 Å². The van der Waals surface area contributed by atoms with Gasteiger partial charge in [-0.15, -0.1) is 10.2 Å². The molecule has 0 unspecified atom stereocenters. The van der Waals surface area contributed by atoms with E-state index >= 15 is 0 Å². The lowest BCUT2D eigenvalue weighted by Crippen LogP contribution is -2.06. The highest BCUT2D eigenvalue weighted by molar-refractivity contribution is 7.18. The van der Waals surface area contributed by atoms with Gasteiger partial charge in [0.25, 0.3) is 0 Å². The average molecular weight is 326 g/mol.